The average Bonchev–Trinajstić information content (AvgIpc) is 2.78. The SMILES string of the molecule is CCCCNC(=O)C(C)N(Cc1cccc(OC)c1)C(=O)CSCc1ccc(Cl)cc1. The molecule has 0 heterocycles. The molecule has 7 heteroatoms. The summed E-state index contributed by atoms with van der Waals surface area (Å²) in [6.45, 7) is 4.82. The normalized spacial score (nSPS) is 11.6. The van der Waals surface area contributed by atoms with E-state index in [0.717, 1.165) is 29.7 Å². The molecule has 5 nitrogen and oxygen atoms in total. The third-order valence-electron chi connectivity index (χ3n) is 4.89. The molecular weight excluding hydrogens is 432 g/mol. The molecule has 0 aliphatic rings. The van der Waals surface area contributed by atoms with Crippen molar-refractivity contribution >= 4 is 35.2 Å². The fourth-order valence-corrected chi connectivity index (χ4v) is 4.00. The molecule has 0 spiro atoms. The average molecular weight is 463 g/mol. The van der Waals surface area contributed by atoms with Crippen LogP contribution in [0.2, 0.25) is 5.02 Å². The van der Waals surface area contributed by atoms with Crippen LogP contribution in [0.1, 0.15) is 37.8 Å². The first-order chi connectivity index (χ1) is 14.9. The molecule has 0 saturated carbocycles. The first-order valence-electron chi connectivity index (χ1n) is 10.5. The van der Waals surface area contributed by atoms with Gasteiger partial charge in [-0.2, -0.15) is 0 Å². The minimum atomic E-state index is -0.563. The minimum Gasteiger partial charge on any atom is -0.497 e. The number of amides is 2. The van der Waals surface area contributed by atoms with Gasteiger partial charge in [0.05, 0.1) is 12.9 Å². The van der Waals surface area contributed by atoms with E-state index in [4.69, 9.17) is 16.3 Å². The molecule has 2 aromatic carbocycles. The lowest BCUT2D eigenvalue weighted by atomic mass is 10.1. The van der Waals surface area contributed by atoms with Crippen LogP contribution in [-0.2, 0) is 21.9 Å². The van der Waals surface area contributed by atoms with E-state index < -0.39 is 6.04 Å². The van der Waals surface area contributed by atoms with Crippen LogP contribution < -0.4 is 10.1 Å². The topological polar surface area (TPSA) is 58.6 Å². The Morgan fingerprint density at radius 2 is 1.90 bits per heavy atom. The Labute approximate surface area is 194 Å². The number of benzene rings is 2. The second-order valence-electron chi connectivity index (χ2n) is 7.31. The number of carbonyl (C=O) groups excluding carboxylic acids is 2. The van der Waals surface area contributed by atoms with Gasteiger partial charge < -0.3 is 15.0 Å². The maximum absolute atomic E-state index is 13.1. The number of unbranched alkanes of at least 4 members (excludes halogenated alkanes) is 1. The van der Waals surface area contributed by atoms with Crippen LogP contribution in [0.25, 0.3) is 0 Å². The first kappa shape index (κ1) is 25.1. The summed E-state index contributed by atoms with van der Waals surface area (Å²) in [5.41, 5.74) is 2.02. The number of nitrogens with zero attached hydrogens (tertiary/aromatic N) is 1. The summed E-state index contributed by atoms with van der Waals surface area (Å²) >= 11 is 7.46. The molecule has 0 aliphatic carbocycles. The number of halogens is 1. The van der Waals surface area contributed by atoms with Gasteiger partial charge in [0.1, 0.15) is 11.8 Å². The molecule has 0 aromatic heterocycles. The van der Waals surface area contributed by atoms with Crippen molar-refractivity contribution in [3.63, 3.8) is 0 Å². The van der Waals surface area contributed by atoms with E-state index in [2.05, 4.69) is 12.2 Å². The van der Waals surface area contributed by atoms with Gasteiger partial charge in [-0.15, -0.1) is 11.8 Å². The number of methoxy groups -OCH3 is 1. The predicted molar refractivity (Wildman–Crippen MR) is 129 cm³/mol. The van der Waals surface area contributed by atoms with E-state index in [0.29, 0.717) is 29.6 Å². The largest absolute Gasteiger partial charge is 0.497 e. The molecular formula is C24H31ClN2O3S. The molecule has 0 fully saturated rings. The molecule has 1 atom stereocenters. The second kappa shape index (κ2) is 13.3. The highest BCUT2D eigenvalue weighted by atomic mass is 35.5. The third-order valence-corrected chi connectivity index (χ3v) is 6.13. The van der Waals surface area contributed by atoms with Gasteiger partial charge in [-0.05, 0) is 48.7 Å². The minimum absolute atomic E-state index is 0.0695. The number of rotatable bonds is 12. The summed E-state index contributed by atoms with van der Waals surface area (Å²) in [4.78, 5) is 27.4. The summed E-state index contributed by atoms with van der Waals surface area (Å²) < 4.78 is 5.30. The molecule has 0 aliphatic heterocycles. The van der Waals surface area contributed by atoms with E-state index in [1.807, 2.05) is 48.5 Å². The summed E-state index contributed by atoms with van der Waals surface area (Å²) in [5.74, 6) is 1.51. The Morgan fingerprint density at radius 1 is 1.16 bits per heavy atom. The van der Waals surface area contributed by atoms with Crippen LogP contribution in [0.4, 0.5) is 0 Å². The number of nitrogens with one attached hydrogen (secondary N) is 1. The van der Waals surface area contributed by atoms with Crippen molar-refractivity contribution in [2.75, 3.05) is 19.4 Å². The molecule has 0 radical (unpaired) electrons. The smallest absolute Gasteiger partial charge is 0.242 e. The fraction of sp³-hybridized carbons (Fsp3) is 0.417. The third kappa shape index (κ3) is 8.46. The maximum Gasteiger partial charge on any atom is 0.242 e. The highest BCUT2D eigenvalue weighted by Gasteiger charge is 2.26. The van der Waals surface area contributed by atoms with Crippen LogP contribution >= 0.6 is 23.4 Å². The maximum atomic E-state index is 13.1. The van der Waals surface area contributed by atoms with E-state index in [9.17, 15) is 9.59 Å². The fourth-order valence-electron chi connectivity index (χ4n) is 3.01. The Kier molecular flexibility index (Phi) is 10.7. The van der Waals surface area contributed by atoms with Gasteiger partial charge in [0.15, 0.2) is 0 Å². The van der Waals surface area contributed by atoms with Crippen molar-refractivity contribution in [1.29, 1.82) is 0 Å². The van der Waals surface area contributed by atoms with Gasteiger partial charge in [0.2, 0.25) is 11.8 Å². The van der Waals surface area contributed by atoms with Crippen LogP contribution in [-0.4, -0.2) is 42.2 Å². The lowest BCUT2D eigenvalue weighted by Gasteiger charge is -2.29. The molecule has 168 valence electrons. The number of thioether (sulfide) groups is 1. The van der Waals surface area contributed by atoms with Crippen molar-refractivity contribution in [2.24, 2.45) is 0 Å². The zero-order valence-corrected chi connectivity index (χ0v) is 20.0. The van der Waals surface area contributed by atoms with Crippen molar-refractivity contribution in [2.45, 2.75) is 45.0 Å². The van der Waals surface area contributed by atoms with Crippen LogP contribution in [0.5, 0.6) is 5.75 Å². The van der Waals surface area contributed by atoms with Gasteiger partial charge in [-0.25, -0.2) is 0 Å². The monoisotopic (exact) mass is 462 g/mol. The molecule has 1 unspecified atom stereocenters. The first-order valence-corrected chi connectivity index (χ1v) is 12.0. The molecule has 0 bridgehead atoms. The number of hydrogen-bond acceptors (Lipinski definition) is 4. The van der Waals surface area contributed by atoms with Gasteiger partial charge in [0.25, 0.3) is 0 Å². The van der Waals surface area contributed by atoms with Gasteiger partial charge in [0, 0.05) is 23.9 Å². The van der Waals surface area contributed by atoms with E-state index in [1.54, 1.807) is 18.9 Å². The van der Waals surface area contributed by atoms with Crippen molar-refractivity contribution in [3.8, 4) is 5.75 Å². The van der Waals surface area contributed by atoms with Crippen LogP contribution in [0.15, 0.2) is 48.5 Å². The van der Waals surface area contributed by atoms with E-state index in [-0.39, 0.29) is 11.8 Å². The Hall–Kier alpha value is -2.18. The van der Waals surface area contributed by atoms with Crippen LogP contribution in [0, 0.1) is 0 Å². The Bertz CT molecular complexity index is 845. The summed E-state index contributed by atoms with van der Waals surface area (Å²) in [6, 6.07) is 14.6. The molecule has 1 N–H and O–H groups in total. The number of carbonyl (C=O) groups is 2. The van der Waals surface area contributed by atoms with Crippen molar-refractivity contribution < 1.29 is 14.3 Å². The predicted octanol–water partition coefficient (Wildman–Crippen LogP) is 4.92. The number of hydrogen-bond donors (Lipinski definition) is 1. The van der Waals surface area contributed by atoms with Gasteiger partial charge >= 0.3 is 0 Å². The Balaban J connectivity index is 2.06. The zero-order chi connectivity index (χ0) is 22.6. The quantitative estimate of drug-likeness (QED) is 0.455. The summed E-state index contributed by atoms with van der Waals surface area (Å²) in [6.07, 6.45) is 1.92. The Morgan fingerprint density at radius 3 is 2.58 bits per heavy atom. The van der Waals surface area contributed by atoms with Crippen LogP contribution in [0.3, 0.4) is 0 Å². The molecule has 2 rings (SSSR count). The second-order valence-corrected chi connectivity index (χ2v) is 8.74. The van der Waals surface area contributed by atoms with E-state index in [1.165, 1.54) is 11.8 Å². The molecule has 2 amide bonds. The van der Waals surface area contributed by atoms with Gasteiger partial charge in [-0.1, -0.05) is 49.2 Å². The summed E-state index contributed by atoms with van der Waals surface area (Å²) in [5, 5.41) is 3.63. The molecule has 31 heavy (non-hydrogen) atoms. The van der Waals surface area contributed by atoms with Gasteiger partial charge in [-0.3, -0.25) is 9.59 Å². The van der Waals surface area contributed by atoms with Crippen molar-refractivity contribution in [3.05, 3.63) is 64.7 Å². The van der Waals surface area contributed by atoms with Crippen molar-refractivity contribution in [1.82, 2.24) is 10.2 Å². The molecule has 2 aromatic rings. The highest BCUT2D eigenvalue weighted by Crippen LogP contribution is 2.19. The lowest BCUT2D eigenvalue weighted by molar-refractivity contribution is -0.138. The number of ether oxygens (including phenoxy) is 1. The lowest BCUT2D eigenvalue weighted by Crippen LogP contribution is -2.48. The summed E-state index contributed by atoms with van der Waals surface area (Å²) in [7, 11) is 1.61. The highest BCUT2D eigenvalue weighted by molar-refractivity contribution is 7.99. The standard InChI is InChI=1S/C24H31ClN2O3S/c1-4-5-13-26-24(29)18(2)27(15-20-7-6-8-22(14-20)30-3)23(28)17-31-16-19-9-11-21(25)12-10-19/h6-12,14,18H,4-5,13,15-17H2,1-3H3,(H,26,29). The zero-order valence-electron chi connectivity index (χ0n) is 18.4. The molecule has 0 saturated heterocycles. The van der Waals surface area contributed by atoms with E-state index >= 15 is 0 Å².